The van der Waals surface area contributed by atoms with Gasteiger partial charge in [0.2, 0.25) is 0 Å². The van der Waals surface area contributed by atoms with Gasteiger partial charge in [0.15, 0.2) is 6.10 Å². The van der Waals surface area contributed by atoms with Crippen LogP contribution in [-0.4, -0.2) is 17.2 Å². The van der Waals surface area contributed by atoms with Crippen LogP contribution < -0.4 is 4.74 Å². The molecule has 78 valence electrons. The molecule has 1 aromatic carbocycles. The van der Waals surface area contributed by atoms with Gasteiger partial charge in [-0.25, -0.2) is 4.79 Å². The first kappa shape index (κ1) is 10.1. The molecule has 0 aromatic heterocycles. The van der Waals surface area contributed by atoms with Gasteiger partial charge in [0.05, 0.1) is 0 Å². The highest BCUT2D eigenvalue weighted by atomic mass is 35.5. The van der Waals surface area contributed by atoms with E-state index in [1.807, 2.05) is 6.08 Å². The molecule has 1 atom stereocenters. The number of ether oxygens (including phenoxy) is 1. The second kappa shape index (κ2) is 3.95. The molecule has 0 spiro atoms. The van der Waals surface area contributed by atoms with Crippen LogP contribution in [0.25, 0.3) is 6.08 Å². The standard InChI is InChI=1S/C11H9ClO3/c12-8-4-5-9-7(6-8)2-1-3-10(15-9)11(13)14/h1-2,4-6,10H,3H2,(H,13,14)/t10-/m0/s1. The Morgan fingerprint density at radius 1 is 1.53 bits per heavy atom. The number of halogens is 1. The van der Waals surface area contributed by atoms with Crippen molar-refractivity contribution in [2.45, 2.75) is 12.5 Å². The maximum absolute atomic E-state index is 10.8. The van der Waals surface area contributed by atoms with Gasteiger partial charge in [0.25, 0.3) is 0 Å². The van der Waals surface area contributed by atoms with Gasteiger partial charge in [-0.15, -0.1) is 0 Å². The molecule has 0 bridgehead atoms. The summed E-state index contributed by atoms with van der Waals surface area (Å²) in [4.78, 5) is 10.8. The third-order valence-corrected chi connectivity index (χ3v) is 2.40. The zero-order valence-corrected chi connectivity index (χ0v) is 8.57. The topological polar surface area (TPSA) is 46.5 Å². The third kappa shape index (κ3) is 2.13. The lowest BCUT2D eigenvalue weighted by molar-refractivity contribution is -0.144. The Bertz CT molecular complexity index is 426. The molecular weight excluding hydrogens is 216 g/mol. The highest BCUT2D eigenvalue weighted by Gasteiger charge is 2.20. The van der Waals surface area contributed by atoms with Crippen molar-refractivity contribution in [1.82, 2.24) is 0 Å². The zero-order chi connectivity index (χ0) is 10.8. The minimum atomic E-state index is -0.956. The molecule has 1 N–H and O–H groups in total. The lowest BCUT2D eigenvalue weighted by Gasteiger charge is -2.12. The smallest absolute Gasteiger partial charge is 0.345 e. The molecule has 2 rings (SSSR count). The van der Waals surface area contributed by atoms with Crippen molar-refractivity contribution in [3.05, 3.63) is 34.9 Å². The Labute approximate surface area is 91.9 Å². The first-order chi connectivity index (χ1) is 7.16. The molecule has 1 heterocycles. The Hall–Kier alpha value is -1.48. The molecule has 1 aromatic rings. The number of benzene rings is 1. The fraction of sp³-hybridized carbons (Fsp3) is 0.182. The summed E-state index contributed by atoms with van der Waals surface area (Å²) < 4.78 is 5.35. The quantitative estimate of drug-likeness (QED) is 0.798. The maximum atomic E-state index is 10.8. The fourth-order valence-electron chi connectivity index (χ4n) is 1.43. The zero-order valence-electron chi connectivity index (χ0n) is 7.81. The molecule has 0 aliphatic carbocycles. The van der Waals surface area contributed by atoms with E-state index in [9.17, 15) is 4.79 Å². The molecule has 0 radical (unpaired) electrons. The average Bonchev–Trinajstić information content (AvgIpc) is 2.39. The van der Waals surface area contributed by atoms with E-state index in [-0.39, 0.29) is 0 Å². The minimum absolute atomic E-state index is 0.363. The number of hydrogen-bond acceptors (Lipinski definition) is 2. The van der Waals surface area contributed by atoms with Crippen molar-refractivity contribution in [2.24, 2.45) is 0 Å². The normalized spacial score (nSPS) is 18.9. The predicted molar refractivity (Wildman–Crippen MR) is 57.2 cm³/mol. The number of aliphatic carboxylic acids is 1. The molecule has 1 aliphatic rings. The minimum Gasteiger partial charge on any atom is -0.478 e. The van der Waals surface area contributed by atoms with E-state index in [1.165, 1.54) is 0 Å². The van der Waals surface area contributed by atoms with Crippen molar-refractivity contribution in [2.75, 3.05) is 0 Å². The molecule has 0 amide bonds. The van der Waals surface area contributed by atoms with Gasteiger partial charge in [-0.2, -0.15) is 0 Å². The van der Waals surface area contributed by atoms with E-state index in [0.717, 1.165) is 5.56 Å². The molecule has 0 saturated heterocycles. The van der Waals surface area contributed by atoms with Crippen molar-refractivity contribution in [3.63, 3.8) is 0 Å². The molecule has 0 fully saturated rings. The van der Waals surface area contributed by atoms with Crippen molar-refractivity contribution in [1.29, 1.82) is 0 Å². The third-order valence-electron chi connectivity index (χ3n) is 2.16. The number of carboxylic acid groups (broad SMARTS) is 1. The Balaban J connectivity index is 2.36. The summed E-state index contributed by atoms with van der Waals surface area (Å²) >= 11 is 5.82. The molecule has 3 nitrogen and oxygen atoms in total. The van der Waals surface area contributed by atoms with Gasteiger partial charge < -0.3 is 9.84 Å². The first-order valence-electron chi connectivity index (χ1n) is 4.52. The molecule has 1 aliphatic heterocycles. The second-order valence-electron chi connectivity index (χ2n) is 3.26. The first-order valence-corrected chi connectivity index (χ1v) is 4.90. The van der Waals surface area contributed by atoms with Gasteiger partial charge in [-0.3, -0.25) is 0 Å². The van der Waals surface area contributed by atoms with Crippen molar-refractivity contribution < 1.29 is 14.6 Å². The van der Waals surface area contributed by atoms with E-state index in [1.54, 1.807) is 24.3 Å². The van der Waals surface area contributed by atoms with Crippen molar-refractivity contribution in [3.8, 4) is 5.75 Å². The van der Waals surface area contributed by atoms with Crippen LogP contribution in [0.15, 0.2) is 24.3 Å². The van der Waals surface area contributed by atoms with Crippen LogP contribution in [0.2, 0.25) is 5.02 Å². The average molecular weight is 225 g/mol. The second-order valence-corrected chi connectivity index (χ2v) is 3.70. The van der Waals surface area contributed by atoms with Crippen LogP contribution in [0, 0.1) is 0 Å². The van der Waals surface area contributed by atoms with E-state index in [2.05, 4.69) is 0 Å². The van der Waals surface area contributed by atoms with E-state index >= 15 is 0 Å². The van der Waals surface area contributed by atoms with Gasteiger partial charge in [0.1, 0.15) is 5.75 Å². The van der Waals surface area contributed by atoms with E-state index in [4.69, 9.17) is 21.4 Å². The fourth-order valence-corrected chi connectivity index (χ4v) is 1.61. The highest BCUT2D eigenvalue weighted by molar-refractivity contribution is 6.30. The summed E-state index contributed by atoms with van der Waals surface area (Å²) in [5.41, 5.74) is 0.811. The van der Waals surface area contributed by atoms with Gasteiger partial charge in [0, 0.05) is 17.0 Å². The lowest BCUT2D eigenvalue weighted by Crippen LogP contribution is -2.25. The Morgan fingerprint density at radius 2 is 2.33 bits per heavy atom. The van der Waals surface area contributed by atoms with Gasteiger partial charge >= 0.3 is 5.97 Å². The summed E-state index contributed by atoms with van der Waals surface area (Å²) in [6.07, 6.45) is 3.15. The summed E-state index contributed by atoms with van der Waals surface area (Å²) in [5.74, 6) is -0.400. The molecule has 0 unspecified atom stereocenters. The predicted octanol–water partition coefficient (Wildman–Crippen LogP) is 2.59. The summed E-state index contributed by atoms with van der Waals surface area (Å²) in [6.45, 7) is 0. The molecule has 0 saturated carbocycles. The largest absolute Gasteiger partial charge is 0.478 e. The molecule has 4 heteroatoms. The SMILES string of the molecule is O=C(O)[C@@H]1CC=Cc2cc(Cl)ccc2O1. The number of hydrogen-bond donors (Lipinski definition) is 1. The summed E-state index contributed by atoms with van der Waals surface area (Å²) in [6, 6.07) is 5.11. The highest BCUT2D eigenvalue weighted by Crippen LogP contribution is 2.28. The summed E-state index contributed by atoms with van der Waals surface area (Å²) in [5, 5.41) is 9.47. The Morgan fingerprint density at radius 3 is 3.07 bits per heavy atom. The van der Waals surface area contributed by atoms with Crippen LogP contribution in [0.1, 0.15) is 12.0 Å². The number of fused-ring (bicyclic) bond motifs is 1. The van der Waals surface area contributed by atoms with Crippen LogP contribution in [0.5, 0.6) is 5.75 Å². The van der Waals surface area contributed by atoms with Crippen LogP contribution in [0.3, 0.4) is 0 Å². The van der Waals surface area contributed by atoms with Crippen LogP contribution in [-0.2, 0) is 4.79 Å². The number of rotatable bonds is 1. The van der Waals surface area contributed by atoms with Crippen molar-refractivity contribution >= 4 is 23.6 Å². The summed E-state index contributed by atoms with van der Waals surface area (Å²) in [7, 11) is 0. The number of carbonyl (C=O) groups is 1. The monoisotopic (exact) mass is 224 g/mol. The number of carboxylic acids is 1. The maximum Gasteiger partial charge on any atom is 0.345 e. The van der Waals surface area contributed by atoms with E-state index < -0.39 is 12.1 Å². The molecule has 15 heavy (non-hydrogen) atoms. The van der Waals surface area contributed by atoms with E-state index in [0.29, 0.717) is 17.2 Å². The lowest BCUT2D eigenvalue weighted by atomic mass is 10.2. The van der Waals surface area contributed by atoms with Crippen LogP contribution >= 0.6 is 11.6 Å². The molecular formula is C11H9ClO3. The van der Waals surface area contributed by atoms with Gasteiger partial charge in [-0.05, 0) is 18.2 Å². The van der Waals surface area contributed by atoms with Crippen LogP contribution in [0.4, 0.5) is 0 Å². The Kier molecular flexibility index (Phi) is 2.64. The van der Waals surface area contributed by atoms with Gasteiger partial charge in [-0.1, -0.05) is 23.8 Å².